The molecule has 2 aliphatic rings. The van der Waals surface area contributed by atoms with E-state index in [1.54, 1.807) is 6.07 Å². The summed E-state index contributed by atoms with van der Waals surface area (Å²) < 4.78 is 7.34. The molecule has 2 aliphatic heterocycles. The van der Waals surface area contributed by atoms with E-state index in [9.17, 15) is 4.79 Å². The van der Waals surface area contributed by atoms with Crippen LogP contribution in [0.2, 0.25) is 0 Å². The second-order valence-electron chi connectivity index (χ2n) is 7.26. The van der Waals surface area contributed by atoms with Gasteiger partial charge < -0.3 is 15.0 Å². The Morgan fingerprint density at radius 1 is 1.32 bits per heavy atom. The Morgan fingerprint density at radius 3 is 2.75 bits per heavy atom. The number of rotatable bonds is 5. The summed E-state index contributed by atoms with van der Waals surface area (Å²) in [6.45, 7) is 9.42. The molecule has 0 bridgehead atoms. The molecule has 0 aromatic carbocycles. The number of nitrogens with one attached hydrogen (secondary N) is 1. The van der Waals surface area contributed by atoms with Crippen LogP contribution in [0.4, 0.5) is 17.2 Å². The van der Waals surface area contributed by atoms with Crippen molar-refractivity contribution in [2.75, 3.05) is 43.1 Å². The summed E-state index contributed by atoms with van der Waals surface area (Å²) >= 11 is 3.35. The first kappa shape index (κ1) is 19.4. The average molecular weight is 449 g/mol. The van der Waals surface area contributed by atoms with Crippen molar-refractivity contribution in [1.29, 1.82) is 0 Å². The first-order valence-corrected chi connectivity index (χ1v) is 10.4. The Hall–Kier alpha value is -1.97. The predicted octanol–water partition coefficient (Wildman–Crippen LogP) is 2.07. The van der Waals surface area contributed by atoms with Crippen LogP contribution in [0.15, 0.2) is 33.8 Å². The monoisotopic (exact) mass is 448 g/mol. The lowest BCUT2D eigenvalue weighted by Crippen LogP contribution is -2.59. The van der Waals surface area contributed by atoms with Gasteiger partial charge in [-0.05, 0) is 41.9 Å². The van der Waals surface area contributed by atoms with E-state index >= 15 is 0 Å². The first-order valence-electron chi connectivity index (χ1n) is 9.64. The summed E-state index contributed by atoms with van der Waals surface area (Å²) in [5, 5.41) is 7.26. The fourth-order valence-electron chi connectivity index (χ4n) is 3.72. The summed E-state index contributed by atoms with van der Waals surface area (Å²) in [7, 11) is 0. The molecule has 2 aromatic rings. The van der Waals surface area contributed by atoms with Crippen molar-refractivity contribution in [3.63, 3.8) is 0 Å². The Labute approximate surface area is 172 Å². The maximum Gasteiger partial charge on any atom is 0.290 e. The molecular weight excluding hydrogens is 424 g/mol. The largest absolute Gasteiger partial charge is 0.378 e. The van der Waals surface area contributed by atoms with Gasteiger partial charge in [0.15, 0.2) is 0 Å². The van der Waals surface area contributed by atoms with Crippen LogP contribution in [0.3, 0.4) is 0 Å². The summed E-state index contributed by atoms with van der Waals surface area (Å²) in [4.78, 5) is 21.8. The molecule has 8 nitrogen and oxygen atoms in total. The zero-order valence-corrected chi connectivity index (χ0v) is 17.7. The van der Waals surface area contributed by atoms with Gasteiger partial charge in [-0.2, -0.15) is 5.10 Å². The van der Waals surface area contributed by atoms with E-state index in [1.807, 2.05) is 19.2 Å². The molecule has 2 fully saturated rings. The van der Waals surface area contributed by atoms with Gasteiger partial charge in [-0.25, -0.2) is 9.67 Å². The standard InChI is InChI=1S/C19H25BrN6O2/c1-3-26-19(27)16(8-17(20)23-26)22-18-5-4-14(9-21-18)25-7-6-24(10-13(25)2)15-11-28-12-15/h4-5,8-9,13,15H,3,6-7,10-12H2,1-2H3,(H,21,22)/t13-/m0/s1. The molecule has 28 heavy (non-hydrogen) atoms. The fraction of sp³-hybridized carbons (Fsp3) is 0.526. The van der Waals surface area contributed by atoms with E-state index in [1.165, 1.54) is 4.68 Å². The van der Waals surface area contributed by atoms with E-state index in [0.717, 1.165) is 38.5 Å². The van der Waals surface area contributed by atoms with Crippen molar-refractivity contribution in [3.8, 4) is 0 Å². The van der Waals surface area contributed by atoms with E-state index in [4.69, 9.17) is 4.74 Å². The molecular formula is C19H25BrN6O2. The molecule has 2 aromatic heterocycles. The molecule has 0 unspecified atom stereocenters. The van der Waals surface area contributed by atoms with Gasteiger partial charge in [0.25, 0.3) is 5.56 Å². The van der Waals surface area contributed by atoms with Gasteiger partial charge in [-0.1, -0.05) is 0 Å². The highest BCUT2D eigenvalue weighted by Crippen LogP contribution is 2.24. The van der Waals surface area contributed by atoms with Crippen molar-refractivity contribution in [1.82, 2.24) is 19.7 Å². The quantitative estimate of drug-likeness (QED) is 0.749. The van der Waals surface area contributed by atoms with E-state index in [2.05, 4.69) is 54.1 Å². The molecule has 2 saturated heterocycles. The number of ether oxygens (including phenoxy) is 1. The van der Waals surface area contributed by atoms with Gasteiger partial charge in [0, 0.05) is 38.3 Å². The SMILES string of the molecule is CCn1nc(Br)cc(Nc2ccc(N3CCN(C4COC4)C[C@@H]3C)cn2)c1=O. The summed E-state index contributed by atoms with van der Waals surface area (Å²) in [5.41, 5.74) is 1.39. The lowest BCUT2D eigenvalue weighted by atomic mass is 10.1. The highest BCUT2D eigenvalue weighted by Gasteiger charge is 2.32. The van der Waals surface area contributed by atoms with Crippen LogP contribution in [0.25, 0.3) is 0 Å². The van der Waals surface area contributed by atoms with Crippen LogP contribution in [-0.4, -0.2) is 64.6 Å². The molecule has 0 aliphatic carbocycles. The number of anilines is 3. The van der Waals surface area contributed by atoms with Crippen LogP contribution >= 0.6 is 15.9 Å². The van der Waals surface area contributed by atoms with Crippen LogP contribution in [0.1, 0.15) is 13.8 Å². The lowest BCUT2D eigenvalue weighted by molar-refractivity contribution is -0.0691. The zero-order chi connectivity index (χ0) is 19.7. The zero-order valence-electron chi connectivity index (χ0n) is 16.1. The maximum atomic E-state index is 12.4. The van der Waals surface area contributed by atoms with Crippen molar-refractivity contribution in [3.05, 3.63) is 39.4 Å². The number of aromatic nitrogens is 3. The second kappa shape index (κ2) is 8.18. The number of hydrogen-bond donors (Lipinski definition) is 1. The molecule has 1 atom stereocenters. The average Bonchev–Trinajstić information content (AvgIpc) is 2.64. The lowest BCUT2D eigenvalue weighted by Gasteiger charge is -2.46. The first-order chi connectivity index (χ1) is 13.5. The number of pyridine rings is 1. The number of hydrogen-bond acceptors (Lipinski definition) is 7. The van der Waals surface area contributed by atoms with Gasteiger partial charge in [0.05, 0.1) is 31.1 Å². The van der Waals surface area contributed by atoms with Gasteiger partial charge in [-0.15, -0.1) is 0 Å². The third kappa shape index (κ3) is 3.92. The minimum absolute atomic E-state index is 0.165. The predicted molar refractivity (Wildman–Crippen MR) is 112 cm³/mol. The molecule has 0 amide bonds. The number of aryl methyl sites for hydroxylation is 1. The Kier molecular flexibility index (Phi) is 5.65. The molecule has 0 saturated carbocycles. The number of nitrogens with zero attached hydrogens (tertiary/aromatic N) is 5. The van der Waals surface area contributed by atoms with Crippen molar-refractivity contribution >= 4 is 33.1 Å². The van der Waals surface area contributed by atoms with Crippen LogP contribution < -0.4 is 15.8 Å². The minimum Gasteiger partial charge on any atom is -0.378 e. The summed E-state index contributed by atoms with van der Waals surface area (Å²) in [6, 6.07) is 6.65. The van der Waals surface area contributed by atoms with E-state index in [0.29, 0.717) is 34.7 Å². The molecule has 150 valence electrons. The summed E-state index contributed by atoms with van der Waals surface area (Å²) in [5.74, 6) is 0.638. The molecule has 9 heteroatoms. The van der Waals surface area contributed by atoms with E-state index < -0.39 is 0 Å². The molecule has 1 N–H and O–H groups in total. The van der Waals surface area contributed by atoms with Gasteiger partial charge >= 0.3 is 0 Å². The second-order valence-corrected chi connectivity index (χ2v) is 8.07. The number of halogens is 1. The minimum atomic E-state index is -0.165. The normalized spacial score (nSPS) is 20.8. The highest BCUT2D eigenvalue weighted by atomic mass is 79.9. The molecule has 0 spiro atoms. The molecule has 4 heterocycles. The van der Waals surface area contributed by atoms with Crippen LogP contribution in [-0.2, 0) is 11.3 Å². The van der Waals surface area contributed by atoms with Crippen molar-refractivity contribution < 1.29 is 4.74 Å². The van der Waals surface area contributed by atoms with Crippen molar-refractivity contribution in [2.45, 2.75) is 32.5 Å². The third-order valence-electron chi connectivity index (χ3n) is 5.38. The number of piperazine rings is 1. The van der Waals surface area contributed by atoms with E-state index in [-0.39, 0.29) is 5.56 Å². The van der Waals surface area contributed by atoms with Gasteiger partial charge in [-0.3, -0.25) is 9.69 Å². The fourth-order valence-corrected chi connectivity index (χ4v) is 4.14. The van der Waals surface area contributed by atoms with Crippen molar-refractivity contribution in [2.24, 2.45) is 0 Å². The maximum absolute atomic E-state index is 12.4. The topological polar surface area (TPSA) is 75.5 Å². The van der Waals surface area contributed by atoms with Crippen LogP contribution in [0.5, 0.6) is 0 Å². The smallest absolute Gasteiger partial charge is 0.290 e. The van der Waals surface area contributed by atoms with Crippen LogP contribution in [0, 0.1) is 0 Å². The van der Waals surface area contributed by atoms with Gasteiger partial charge in [0.1, 0.15) is 16.1 Å². The highest BCUT2D eigenvalue weighted by molar-refractivity contribution is 9.10. The summed E-state index contributed by atoms with van der Waals surface area (Å²) in [6.07, 6.45) is 1.87. The molecule has 0 radical (unpaired) electrons. The van der Waals surface area contributed by atoms with Gasteiger partial charge in [0.2, 0.25) is 0 Å². The Morgan fingerprint density at radius 2 is 2.14 bits per heavy atom. The Balaban J connectivity index is 1.44. The Bertz CT molecular complexity index is 883. The molecule has 4 rings (SSSR count). The third-order valence-corrected chi connectivity index (χ3v) is 5.77.